The number of para-hydroxylation sites is 2. The number of hydrogen-bond donors (Lipinski definition) is 2. The predicted octanol–water partition coefficient (Wildman–Crippen LogP) is 1.50. The summed E-state index contributed by atoms with van der Waals surface area (Å²) < 4.78 is 1.52. The molecule has 126 valence electrons. The molecule has 8 heteroatoms. The second-order valence-corrected chi connectivity index (χ2v) is 5.86. The van der Waals surface area contributed by atoms with Crippen LogP contribution in [0.1, 0.15) is 32.1 Å². The summed E-state index contributed by atoms with van der Waals surface area (Å²) in [5, 5.41) is 14.1. The van der Waals surface area contributed by atoms with Gasteiger partial charge in [-0.05, 0) is 28.5 Å². The van der Waals surface area contributed by atoms with Gasteiger partial charge in [0.25, 0.3) is 0 Å². The number of hydrogen-bond acceptors (Lipinski definition) is 5. The normalized spacial score (nSPS) is 13.8. The average molecular weight is 327 g/mol. The van der Waals surface area contributed by atoms with E-state index < -0.39 is 6.04 Å². The molecule has 1 aromatic carbocycles. The SMILES string of the molecule is CC[C@H](C)[C@@H](C(=O)NCCc1nc2ccccc2[nH]1)n1cnnn1. The maximum absolute atomic E-state index is 12.5. The summed E-state index contributed by atoms with van der Waals surface area (Å²) in [6.45, 7) is 4.57. The lowest BCUT2D eigenvalue weighted by molar-refractivity contribution is -0.126. The number of H-pyrrole nitrogens is 1. The van der Waals surface area contributed by atoms with E-state index in [4.69, 9.17) is 0 Å². The summed E-state index contributed by atoms with van der Waals surface area (Å²) in [4.78, 5) is 20.3. The first-order valence-corrected chi connectivity index (χ1v) is 8.13. The molecular formula is C16H21N7O. The molecule has 0 aliphatic heterocycles. The number of aromatic nitrogens is 6. The van der Waals surface area contributed by atoms with Crippen molar-refractivity contribution in [3.05, 3.63) is 36.4 Å². The first kappa shape index (κ1) is 16.1. The summed E-state index contributed by atoms with van der Waals surface area (Å²) in [6.07, 6.45) is 2.99. The molecule has 0 aliphatic carbocycles. The molecule has 0 fully saturated rings. The van der Waals surface area contributed by atoms with Crippen LogP contribution in [0.3, 0.4) is 0 Å². The molecule has 2 N–H and O–H groups in total. The van der Waals surface area contributed by atoms with Crippen LogP contribution in [0.5, 0.6) is 0 Å². The number of carbonyl (C=O) groups excluding carboxylic acids is 1. The molecule has 3 rings (SSSR count). The van der Waals surface area contributed by atoms with E-state index in [-0.39, 0.29) is 11.8 Å². The fourth-order valence-corrected chi connectivity index (χ4v) is 2.69. The van der Waals surface area contributed by atoms with Crippen molar-refractivity contribution in [1.29, 1.82) is 0 Å². The van der Waals surface area contributed by atoms with E-state index in [0.717, 1.165) is 23.3 Å². The number of rotatable bonds is 7. The van der Waals surface area contributed by atoms with E-state index in [1.54, 1.807) is 0 Å². The zero-order valence-corrected chi connectivity index (χ0v) is 13.8. The minimum Gasteiger partial charge on any atom is -0.354 e. The Kier molecular flexibility index (Phi) is 4.83. The standard InChI is InChI=1S/C16H21N7O/c1-3-11(2)15(23-10-18-21-22-23)16(24)17-9-8-14-19-12-6-4-5-7-13(12)20-14/h4-7,10-11,15H,3,8-9H2,1-2H3,(H,17,24)(H,19,20)/t11-,15-/m0/s1. The van der Waals surface area contributed by atoms with E-state index >= 15 is 0 Å². The Labute approximate surface area is 139 Å². The quantitative estimate of drug-likeness (QED) is 0.685. The van der Waals surface area contributed by atoms with Crippen molar-refractivity contribution in [3.63, 3.8) is 0 Å². The van der Waals surface area contributed by atoms with Crippen molar-refractivity contribution in [2.24, 2.45) is 5.92 Å². The van der Waals surface area contributed by atoms with Crippen LogP contribution in [0.2, 0.25) is 0 Å². The van der Waals surface area contributed by atoms with Crippen LogP contribution in [0.4, 0.5) is 0 Å². The topological polar surface area (TPSA) is 101 Å². The third-order valence-corrected chi connectivity index (χ3v) is 4.20. The smallest absolute Gasteiger partial charge is 0.245 e. The van der Waals surface area contributed by atoms with Crippen molar-refractivity contribution in [2.45, 2.75) is 32.7 Å². The highest BCUT2D eigenvalue weighted by atomic mass is 16.2. The van der Waals surface area contributed by atoms with E-state index in [1.165, 1.54) is 11.0 Å². The van der Waals surface area contributed by atoms with Crippen LogP contribution in [-0.4, -0.2) is 42.6 Å². The monoisotopic (exact) mass is 327 g/mol. The van der Waals surface area contributed by atoms with Crippen LogP contribution in [0.15, 0.2) is 30.6 Å². The Morgan fingerprint density at radius 2 is 2.21 bits per heavy atom. The molecule has 0 radical (unpaired) electrons. The van der Waals surface area contributed by atoms with Crippen LogP contribution in [0, 0.1) is 5.92 Å². The molecule has 0 bridgehead atoms. The highest BCUT2D eigenvalue weighted by Crippen LogP contribution is 2.19. The first-order valence-electron chi connectivity index (χ1n) is 8.13. The van der Waals surface area contributed by atoms with Gasteiger partial charge in [0.05, 0.1) is 11.0 Å². The van der Waals surface area contributed by atoms with Crippen molar-refractivity contribution in [2.75, 3.05) is 6.54 Å². The van der Waals surface area contributed by atoms with Gasteiger partial charge in [-0.3, -0.25) is 4.79 Å². The molecule has 0 saturated carbocycles. The summed E-state index contributed by atoms with van der Waals surface area (Å²) in [7, 11) is 0. The van der Waals surface area contributed by atoms with Gasteiger partial charge in [0.1, 0.15) is 18.2 Å². The summed E-state index contributed by atoms with van der Waals surface area (Å²) >= 11 is 0. The molecule has 8 nitrogen and oxygen atoms in total. The van der Waals surface area contributed by atoms with Crippen molar-refractivity contribution in [3.8, 4) is 0 Å². The molecule has 0 saturated heterocycles. The average Bonchev–Trinajstić information content (AvgIpc) is 3.24. The molecule has 0 spiro atoms. The van der Waals surface area contributed by atoms with Gasteiger partial charge in [-0.15, -0.1) is 5.10 Å². The van der Waals surface area contributed by atoms with Gasteiger partial charge in [-0.25, -0.2) is 9.67 Å². The summed E-state index contributed by atoms with van der Waals surface area (Å²) in [6, 6.07) is 7.47. The second kappa shape index (κ2) is 7.20. The molecule has 3 aromatic rings. The zero-order chi connectivity index (χ0) is 16.9. The van der Waals surface area contributed by atoms with Crippen molar-refractivity contribution in [1.82, 2.24) is 35.5 Å². The molecule has 24 heavy (non-hydrogen) atoms. The Morgan fingerprint density at radius 3 is 2.92 bits per heavy atom. The Balaban J connectivity index is 1.61. The maximum atomic E-state index is 12.5. The minimum absolute atomic E-state index is 0.0761. The molecule has 2 aromatic heterocycles. The van der Waals surface area contributed by atoms with Gasteiger partial charge in [0.2, 0.25) is 5.91 Å². The largest absolute Gasteiger partial charge is 0.354 e. The predicted molar refractivity (Wildman–Crippen MR) is 89.1 cm³/mol. The van der Waals surface area contributed by atoms with E-state index in [0.29, 0.717) is 13.0 Å². The van der Waals surface area contributed by atoms with Gasteiger partial charge in [-0.2, -0.15) is 0 Å². The number of fused-ring (bicyclic) bond motifs is 1. The number of aromatic amines is 1. The van der Waals surface area contributed by atoms with Crippen LogP contribution < -0.4 is 5.32 Å². The number of benzene rings is 1. The number of tetrazole rings is 1. The van der Waals surface area contributed by atoms with Gasteiger partial charge in [-0.1, -0.05) is 32.4 Å². The Hall–Kier alpha value is -2.77. The second-order valence-electron chi connectivity index (χ2n) is 5.86. The maximum Gasteiger partial charge on any atom is 0.245 e. The lowest BCUT2D eigenvalue weighted by Gasteiger charge is -2.21. The van der Waals surface area contributed by atoms with Gasteiger partial charge in [0.15, 0.2) is 0 Å². The lowest BCUT2D eigenvalue weighted by atomic mass is 9.98. The number of nitrogens with zero attached hydrogens (tertiary/aromatic N) is 5. The first-order chi connectivity index (χ1) is 11.7. The molecule has 0 unspecified atom stereocenters. The molecule has 1 amide bonds. The number of nitrogens with one attached hydrogen (secondary N) is 2. The van der Waals surface area contributed by atoms with Crippen LogP contribution in [-0.2, 0) is 11.2 Å². The van der Waals surface area contributed by atoms with Crippen molar-refractivity contribution < 1.29 is 4.79 Å². The fourth-order valence-electron chi connectivity index (χ4n) is 2.69. The highest BCUT2D eigenvalue weighted by Gasteiger charge is 2.26. The fraction of sp³-hybridized carbons (Fsp3) is 0.438. The van der Waals surface area contributed by atoms with E-state index in [9.17, 15) is 4.79 Å². The minimum atomic E-state index is -0.402. The summed E-state index contributed by atoms with van der Waals surface area (Å²) in [5.74, 6) is 0.923. The molecule has 2 atom stereocenters. The van der Waals surface area contributed by atoms with Crippen LogP contribution in [0.25, 0.3) is 11.0 Å². The van der Waals surface area contributed by atoms with E-state index in [2.05, 4.69) is 30.8 Å². The zero-order valence-electron chi connectivity index (χ0n) is 13.8. The van der Waals surface area contributed by atoms with Gasteiger partial charge in [0, 0.05) is 13.0 Å². The summed E-state index contributed by atoms with van der Waals surface area (Å²) in [5.41, 5.74) is 1.94. The van der Waals surface area contributed by atoms with E-state index in [1.807, 2.05) is 38.1 Å². The van der Waals surface area contributed by atoms with Gasteiger partial charge < -0.3 is 10.3 Å². The van der Waals surface area contributed by atoms with Crippen LogP contribution >= 0.6 is 0 Å². The number of imidazole rings is 1. The highest BCUT2D eigenvalue weighted by molar-refractivity contribution is 5.80. The third-order valence-electron chi connectivity index (χ3n) is 4.20. The van der Waals surface area contributed by atoms with Gasteiger partial charge >= 0.3 is 0 Å². The molecule has 2 heterocycles. The van der Waals surface area contributed by atoms with Crippen molar-refractivity contribution >= 4 is 16.9 Å². The lowest BCUT2D eigenvalue weighted by Crippen LogP contribution is -2.37. The third kappa shape index (κ3) is 3.42. The Bertz CT molecular complexity index is 763. The number of amides is 1. The molecular weight excluding hydrogens is 306 g/mol. The Morgan fingerprint density at radius 1 is 1.38 bits per heavy atom. The molecule has 0 aliphatic rings. The number of carbonyl (C=O) groups is 1.